The second-order valence-corrected chi connectivity index (χ2v) is 3.82. The number of benzene rings is 1. The van der Waals surface area contributed by atoms with Crippen molar-refractivity contribution in [2.75, 3.05) is 10.6 Å². The number of thiocarbonyl (C=S) groups is 1. The molecule has 0 unspecified atom stereocenters. The van der Waals surface area contributed by atoms with E-state index in [4.69, 9.17) is 16.7 Å². The summed E-state index contributed by atoms with van der Waals surface area (Å²) in [7, 11) is 0. The third kappa shape index (κ3) is 3.25. The molecule has 0 aliphatic heterocycles. The maximum absolute atomic E-state index is 12.9. The molecule has 2 aromatic rings. The zero-order chi connectivity index (χ0) is 12.3. The van der Waals surface area contributed by atoms with Crippen molar-refractivity contribution in [3.05, 3.63) is 41.9 Å². The molecule has 0 spiro atoms. The molecule has 1 heterocycles. The van der Waals surface area contributed by atoms with Crippen LogP contribution in [0.25, 0.3) is 0 Å². The fourth-order valence-electron chi connectivity index (χ4n) is 1.27. The first-order chi connectivity index (χ1) is 8.13. The van der Waals surface area contributed by atoms with Crippen LogP contribution in [0.1, 0.15) is 5.76 Å². The number of rotatable bonds is 2. The quantitative estimate of drug-likeness (QED) is 0.804. The van der Waals surface area contributed by atoms with Gasteiger partial charge in [-0.05, 0) is 37.3 Å². The number of aromatic nitrogens is 1. The Kier molecular flexibility index (Phi) is 3.34. The number of halogens is 1. The Bertz CT molecular complexity index is 541. The molecule has 0 atom stereocenters. The van der Waals surface area contributed by atoms with Gasteiger partial charge in [-0.3, -0.25) is 0 Å². The zero-order valence-electron chi connectivity index (χ0n) is 9.03. The van der Waals surface area contributed by atoms with Gasteiger partial charge in [-0.15, -0.1) is 0 Å². The van der Waals surface area contributed by atoms with E-state index in [1.807, 2.05) is 0 Å². The number of anilines is 2. The third-order valence-electron chi connectivity index (χ3n) is 1.95. The van der Waals surface area contributed by atoms with E-state index in [9.17, 15) is 4.39 Å². The average molecular weight is 251 g/mol. The summed E-state index contributed by atoms with van der Waals surface area (Å²) in [6, 6.07) is 7.73. The minimum absolute atomic E-state index is 0.323. The van der Waals surface area contributed by atoms with Gasteiger partial charge in [0.15, 0.2) is 10.9 Å². The maximum atomic E-state index is 12.9. The molecular weight excluding hydrogens is 241 g/mol. The van der Waals surface area contributed by atoms with Crippen LogP contribution in [0, 0.1) is 12.7 Å². The Morgan fingerprint density at radius 3 is 2.82 bits per heavy atom. The van der Waals surface area contributed by atoms with E-state index < -0.39 is 0 Å². The van der Waals surface area contributed by atoms with E-state index in [2.05, 4.69) is 15.8 Å². The average Bonchev–Trinajstić information content (AvgIpc) is 2.63. The van der Waals surface area contributed by atoms with Crippen LogP contribution in [0.15, 0.2) is 34.9 Å². The van der Waals surface area contributed by atoms with E-state index in [0.717, 1.165) is 0 Å². The summed E-state index contributed by atoms with van der Waals surface area (Å²) >= 11 is 5.04. The lowest BCUT2D eigenvalue weighted by molar-refractivity contribution is 0.400. The van der Waals surface area contributed by atoms with Crippen molar-refractivity contribution in [2.24, 2.45) is 0 Å². The molecular formula is C11H10FN3OS. The van der Waals surface area contributed by atoms with Gasteiger partial charge in [-0.2, -0.15) is 0 Å². The topological polar surface area (TPSA) is 50.1 Å². The minimum Gasteiger partial charge on any atom is -0.360 e. The number of hydrogen-bond donors (Lipinski definition) is 2. The Morgan fingerprint density at radius 1 is 1.35 bits per heavy atom. The Morgan fingerprint density at radius 2 is 2.18 bits per heavy atom. The first kappa shape index (κ1) is 11.5. The van der Waals surface area contributed by atoms with Crippen molar-refractivity contribution in [1.82, 2.24) is 5.16 Å². The van der Waals surface area contributed by atoms with Gasteiger partial charge in [0.1, 0.15) is 11.6 Å². The second-order valence-electron chi connectivity index (χ2n) is 3.41. The molecule has 2 rings (SSSR count). The van der Waals surface area contributed by atoms with Gasteiger partial charge >= 0.3 is 0 Å². The normalized spacial score (nSPS) is 10.0. The zero-order valence-corrected chi connectivity index (χ0v) is 9.84. The Labute approximate surface area is 103 Å². The van der Waals surface area contributed by atoms with Crippen LogP contribution in [0.5, 0.6) is 0 Å². The van der Waals surface area contributed by atoms with Crippen LogP contribution in [0.3, 0.4) is 0 Å². The van der Waals surface area contributed by atoms with Gasteiger partial charge < -0.3 is 15.2 Å². The molecule has 88 valence electrons. The van der Waals surface area contributed by atoms with Crippen LogP contribution in [-0.4, -0.2) is 10.3 Å². The van der Waals surface area contributed by atoms with Crippen LogP contribution in [0.4, 0.5) is 15.9 Å². The number of nitrogens with zero attached hydrogens (tertiary/aromatic N) is 1. The predicted octanol–water partition coefficient (Wildman–Crippen LogP) is 2.93. The van der Waals surface area contributed by atoms with E-state index in [0.29, 0.717) is 22.4 Å². The van der Waals surface area contributed by atoms with Gasteiger partial charge in [-0.25, -0.2) is 4.39 Å². The van der Waals surface area contributed by atoms with Crippen LogP contribution >= 0.6 is 12.2 Å². The molecule has 0 bridgehead atoms. The van der Waals surface area contributed by atoms with E-state index in [1.165, 1.54) is 12.1 Å². The fraction of sp³-hybridized carbons (Fsp3) is 0.0909. The largest absolute Gasteiger partial charge is 0.360 e. The van der Waals surface area contributed by atoms with Crippen LogP contribution < -0.4 is 10.6 Å². The molecule has 2 N–H and O–H groups in total. The lowest BCUT2D eigenvalue weighted by atomic mass is 10.3. The summed E-state index contributed by atoms with van der Waals surface area (Å²) in [4.78, 5) is 0. The number of hydrogen-bond acceptors (Lipinski definition) is 3. The molecule has 6 heteroatoms. The predicted molar refractivity (Wildman–Crippen MR) is 67.5 cm³/mol. The van der Waals surface area contributed by atoms with Crippen molar-refractivity contribution in [3.8, 4) is 0 Å². The van der Waals surface area contributed by atoms with Crippen molar-refractivity contribution < 1.29 is 8.91 Å². The van der Waals surface area contributed by atoms with Gasteiger partial charge in [0.05, 0.1) is 0 Å². The molecule has 0 aliphatic rings. The van der Waals surface area contributed by atoms with Gasteiger partial charge in [-0.1, -0.05) is 11.2 Å². The third-order valence-corrected chi connectivity index (χ3v) is 2.16. The lowest BCUT2D eigenvalue weighted by Crippen LogP contribution is -2.19. The molecule has 0 amide bonds. The molecule has 0 fully saturated rings. The standard InChI is InChI=1S/C11H10FN3OS/c1-7-5-10(15-16-7)14-11(17)13-9-4-2-3-8(12)6-9/h2-6H,1H3,(H2,13,14,15,17). The van der Waals surface area contributed by atoms with E-state index >= 15 is 0 Å². The SMILES string of the molecule is Cc1cc(NC(=S)Nc2cccc(F)c2)no1. The lowest BCUT2D eigenvalue weighted by Gasteiger charge is -2.07. The van der Waals surface area contributed by atoms with Gasteiger partial charge in [0.2, 0.25) is 0 Å². The van der Waals surface area contributed by atoms with Crippen molar-refractivity contribution in [1.29, 1.82) is 0 Å². The first-order valence-corrected chi connectivity index (χ1v) is 5.31. The molecule has 0 aliphatic carbocycles. The summed E-state index contributed by atoms with van der Waals surface area (Å²) in [6.45, 7) is 1.78. The summed E-state index contributed by atoms with van der Waals surface area (Å²) < 4.78 is 17.8. The summed E-state index contributed by atoms with van der Waals surface area (Å²) in [5.41, 5.74) is 0.572. The molecule has 0 radical (unpaired) electrons. The summed E-state index contributed by atoms with van der Waals surface area (Å²) in [6.07, 6.45) is 0. The van der Waals surface area contributed by atoms with Crippen molar-refractivity contribution >= 4 is 28.8 Å². The maximum Gasteiger partial charge on any atom is 0.176 e. The molecule has 4 nitrogen and oxygen atoms in total. The van der Waals surface area contributed by atoms with E-state index in [-0.39, 0.29) is 5.82 Å². The fourth-order valence-corrected chi connectivity index (χ4v) is 1.49. The number of aryl methyl sites for hydroxylation is 1. The highest BCUT2D eigenvalue weighted by Crippen LogP contribution is 2.11. The van der Waals surface area contributed by atoms with Crippen molar-refractivity contribution in [3.63, 3.8) is 0 Å². The first-order valence-electron chi connectivity index (χ1n) is 4.90. The molecule has 1 aromatic carbocycles. The number of nitrogens with one attached hydrogen (secondary N) is 2. The second kappa shape index (κ2) is 4.92. The summed E-state index contributed by atoms with van der Waals surface area (Å²) in [5.74, 6) is 0.868. The van der Waals surface area contributed by atoms with Crippen molar-refractivity contribution in [2.45, 2.75) is 6.92 Å². The van der Waals surface area contributed by atoms with Crippen LogP contribution in [0.2, 0.25) is 0 Å². The highest BCUT2D eigenvalue weighted by atomic mass is 32.1. The minimum atomic E-state index is -0.324. The van der Waals surface area contributed by atoms with Crippen LogP contribution in [-0.2, 0) is 0 Å². The molecule has 0 saturated carbocycles. The smallest absolute Gasteiger partial charge is 0.176 e. The summed E-state index contributed by atoms with van der Waals surface area (Å²) in [5, 5.41) is 9.71. The molecule has 17 heavy (non-hydrogen) atoms. The molecule has 1 aromatic heterocycles. The van der Waals surface area contributed by atoms with Gasteiger partial charge in [0.25, 0.3) is 0 Å². The Hall–Kier alpha value is -1.95. The van der Waals surface area contributed by atoms with Gasteiger partial charge in [0, 0.05) is 11.8 Å². The highest BCUT2D eigenvalue weighted by molar-refractivity contribution is 7.80. The highest BCUT2D eigenvalue weighted by Gasteiger charge is 2.03. The Balaban J connectivity index is 1.98. The molecule has 0 saturated heterocycles. The van der Waals surface area contributed by atoms with E-state index in [1.54, 1.807) is 25.1 Å². The monoisotopic (exact) mass is 251 g/mol.